The minimum Gasteiger partial charge on any atom is -0.479 e. The van der Waals surface area contributed by atoms with Crippen molar-refractivity contribution < 1.29 is 24.5 Å². The third-order valence-electron chi connectivity index (χ3n) is 1.47. The number of aliphatic hydroxyl groups is 1. The Hall–Kier alpha value is -1.30. The predicted molar refractivity (Wildman–Crippen MR) is 52.5 cm³/mol. The molecule has 0 unspecified atom stereocenters. The molecule has 0 saturated carbocycles. The lowest BCUT2D eigenvalue weighted by molar-refractivity contribution is -0.147. The minimum atomic E-state index is -1.64. The summed E-state index contributed by atoms with van der Waals surface area (Å²) in [6.07, 6.45) is -2.40. The molecule has 0 aromatic heterocycles. The van der Waals surface area contributed by atoms with Gasteiger partial charge in [0.15, 0.2) is 6.10 Å². The number of ether oxygens (including phenoxy) is 1. The Labute approximate surface area is 88.2 Å². The van der Waals surface area contributed by atoms with Crippen molar-refractivity contribution in [2.45, 2.75) is 45.4 Å². The minimum absolute atomic E-state index is 0.655. The zero-order valence-corrected chi connectivity index (χ0v) is 9.27. The summed E-state index contributed by atoms with van der Waals surface area (Å²) in [5, 5.41) is 19.8. The van der Waals surface area contributed by atoms with Crippen LogP contribution >= 0.6 is 0 Å². The number of carbonyl (C=O) groups is 2. The van der Waals surface area contributed by atoms with Gasteiger partial charge in [0.25, 0.3) is 0 Å². The van der Waals surface area contributed by atoms with Crippen molar-refractivity contribution in [1.82, 2.24) is 5.32 Å². The second kappa shape index (κ2) is 4.97. The Kier molecular flexibility index (Phi) is 4.54. The van der Waals surface area contributed by atoms with Gasteiger partial charge in [-0.25, -0.2) is 9.59 Å². The van der Waals surface area contributed by atoms with Crippen LogP contribution < -0.4 is 5.32 Å². The number of amides is 1. The third-order valence-corrected chi connectivity index (χ3v) is 1.47. The normalized spacial score (nSPS) is 15.3. The molecule has 0 saturated heterocycles. The molecule has 88 valence electrons. The topological polar surface area (TPSA) is 95.9 Å². The lowest BCUT2D eigenvalue weighted by Gasteiger charge is -2.22. The number of aliphatic carboxylic acids is 1. The number of carbonyl (C=O) groups excluding carboxylic acids is 1. The Balaban J connectivity index is 4.13. The van der Waals surface area contributed by atoms with Gasteiger partial charge in [0.2, 0.25) is 0 Å². The van der Waals surface area contributed by atoms with Crippen LogP contribution in [0.3, 0.4) is 0 Å². The number of rotatable bonds is 3. The molecular formula is C9H17NO5. The molecule has 6 heteroatoms. The van der Waals surface area contributed by atoms with E-state index in [1.807, 2.05) is 0 Å². The van der Waals surface area contributed by atoms with Gasteiger partial charge in [-0.15, -0.1) is 0 Å². The quantitative estimate of drug-likeness (QED) is 0.636. The van der Waals surface area contributed by atoms with Crippen molar-refractivity contribution in [3.8, 4) is 0 Å². The monoisotopic (exact) mass is 219 g/mol. The summed E-state index contributed by atoms with van der Waals surface area (Å²) >= 11 is 0. The Bertz CT molecular complexity index is 245. The van der Waals surface area contributed by atoms with E-state index in [9.17, 15) is 9.59 Å². The first kappa shape index (κ1) is 13.7. The van der Waals surface area contributed by atoms with Crippen LogP contribution in [0.4, 0.5) is 4.79 Å². The van der Waals surface area contributed by atoms with E-state index in [-0.39, 0.29) is 0 Å². The number of hydrogen-bond donors (Lipinski definition) is 3. The first-order valence-electron chi connectivity index (χ1n) is 4.54. The van der Waals surface area contributed by atoms with Crippen LogP contribution in [-0.4, -0.2) is 40.0 Å². The van der Waals surface area contributed by atoms with Gasteiger partial charge in [-0.05, 0) is 27.7 Å². The van der Waals surface area contributed by atoms with Crippen molar-refractivity contribution in [3.05, 3.63) is 0 Å². The average Bonchev–Trinajstić information content (AvgIpc) is 1.98. The van der Waals surface area contributed by atoms with Gasteiger partial charge >= 0.3 is 12.1 Å². The molecule has 0 rings (SSSR count). The van der Waals surface area contributed by atoms with E-state index in [0.717, 1.165) is 0 Å². The molecule has 2 atom stereocenters. The van der Waals surface area contributed by atoms with Crippen molar-refractivity contribution in [2.75, 3.05) is 0 Å². The molecule has 0 radical (unpaired) electrons. The molecule has 3 N–H and O–H groups in total. The van der Waals surface area contributed by atoms with Crippen LogP contribution in [0.5, 0.6) is 0 Å². The number of carboxylic acid groups (broad SMARTS) is 1. The molecule has 0 fully saturated rings. The molecule has 0 aromatic rings. The molecule has 1 amide bonds. The van der Waals surface area contributed by atoms with E-state index in [2.05, 4.69) is 5.32 Å². The largest absolute Gasteiger partial charge is 0.479 e. The summed E-state index contributed by atoms with van der Waals surface area (Å²) in [4.78, 5) is 21.5. The van der Waals surface area contributed by atoms with E-state index in [1.165, 1.54) is 6.92 Å². The summed E-state index contributed by atoms with van der Waals surface area (Å²) in [5.74, 6) is -1.39. The second-order valence-corrected chi connectivity index (χ2v) is 4.22. The van der Waals surface area contributed by atoms with E-state index >= 15 is 0 Å². The fourth-order valence-electron chi connectivity index (χ4n) is 0.786. The smallest absolute Gasteiger partial charge is 0.407 e. The Morgan fingerprint density at radius 1 is 1.33 bits per heavy atom. The van der Waals surface area contributed by atoms with Gasteiger partial charge in [0.1, 0.15) is 5.60 Å². The highest BCUT2D eigenvalue weighted by Crippen LogP contribution is 2.07. The SMILES string of the molecule is C[C@H](NC(=O)OC(C)(C)C)[C@@H](O)C(=O)O. The van der Waals surface area contributed by atoms with Crippen molar-refractivity contribution >= 4 is 12.1 Å². The molecule has 0 aromatic carbocycles. The second-order valence-electron chi connectivity index (χ2n) is 4.22. The maximum atomic E-state index is 11.2. The third kappa shape index (κ3) is 5.90. The molecule has 0 heterocycles. The van der Waals surface area contributed by atoms with Crippen LogP contribution in [0, 0.1) is 0 Å². The van der Waals surface area contributed by atoms with Crippen LogP contribution in [0.25, 0.3) is 0 Å². The lowest BCUT2D eigenvalue weighted by atomic mass is 10.2. The molecular weight excluding hydrogens is 202 g/mol. The van der Waals surface area contributed by atoms with Gasteiger partial charge in [-0.1, -0.05) is 0 Å². The summed E-state index contributed by atoms with van der Waals surface area (Å²) in [6, 6.07) is -0.905. The number of alkyl carbamates (subject to hydrolysis) is 1. The molecule has 0 aliphatic rings. The van der Waals surface area contributed by atoms with Crippen molar-refractivity contribution in [3.63, 3.8) is 0 Å². The molecule has 0 aliphatic carbocycles. The maximum absolute atomic E-state index is 11.2. The highest BCUT2D eigenvalue weighted by atomic mass is 16.6. The number of hydrogen-bond acceptors (Lipinski definition) is 4. The first-order chi connectivity index (χ1) is 6.63. The van der Waals surface area contributed by atoms with Gasteiger partial charge in [-0.2, -0.15) is 0 Å². The summed E-state index contributed by atoms with van der Waals surface area (Å²) < 4.78 is 4.88. The fraction of sp³-hybridized carbons (Fsp3) is 0.778. The molecule has 6 nitrogen and oxygen atoms in total. The Morgan fingerprint density at radius 2 is 1.80 bits per heavy atom. The molecule has 15 heavy (non-hydrogen) atoms. The molecule has 0 bridgehead atoms. The van der Waals surface area contributed by atoms with Gasteiger partial charge in [-0.3, -0.25) is 0 Å². The summed E-state index contributed by atoms with van der Waals surface area (Å²) in [7, 11) is 0. The van der Waals surface area contributed by atoms with Crippen LogP contribution in [0.1, 0.15) is 27.7 Å². The van der Waals surface area contributed by atoms with Crippen molar-refractivity contribution in [1.29, 1.82) is 0 Å². The molecule has 0 aliphatic heterocycles. The van der Waals surface area contributed by atoms with E-state index < -0.39 is 29.8 Å². The lowest BCUT2D eigenvalue weighted by Crippen LogP contribution is -2.46. The summed E-state index contributed by atoms with van der Waals surface area (Å²) in [5.41, 5.74) is -0.655. The number of nitrogens with one attached hydrogen (secondary N) is 1. The fourth-order valence-corrected chi connectivity index (χ4v) is 0.786. The van der Waals surface area contributed by atoms with E-state index in [1.54, 1.807) is 20.8 Å². The maximum Gasteiger partial charge on any atom is 0.407 e. The standard InChI is InChI=1S/C9H17NO5/c1-5(6(11)7(12)13)10-8(14)15-9(2,3)4/h5-6,11H,1-4H3,(H,10,14)(H,12,13)/t5-,6+/m0/s1. The number of aliphatic hydroxyl groups excluding tert-OH is 1. The highest BCUT2D eigenvalue weighted by molar-refractivity contribution is 5.75. The predicted octanol–water partition coefficient (Wildman–Crippen LogP) is 0.345. The summed E-state index contributed by atoms with van der Waals surface area (Å²) in [6.45, 7) is 6.43. The van der Waals surface area contributed by atoms with E-state index in [0.29, 0.717) is 0 Å². The highest BCUT2D eigenvalue weighted by Gasteiger charge is 2.25. The molecule has 0 spiro atoms. The zero-order valence-electron chi connectivity index (χ0n) is 9.27. The number of carboxylic acids is 1. The Morgan fingerprint density at radius 3 is 2.13 bits per heavy atom. The van der Waals surface area contributed by atoms with Gasteiger partial charge < -0.3 is 20.3 Å². The van der Waals surface area contributed by atoms with Crippen LogP contribution in [0.2, 0.25) is 0 Å². The van der Waals surface area contributed by atoms with E-state index in [4.69, 9.17) is 14.9 Å². The first-order valence-corrected chi connectivity index (χ1v) is 4.54. The zero-order chi connectivity index (χ0) is 12.2. The van der Waals surface area contributed by atoms with Gasteiger partial charge in [0, 0.05) is 0 Å². The van der Waals surface area contributed by atoms with Crippen LogP contribution in [-0.2, 0) is 9.53 Å². The average molecular weight is 219 g/mol. The van der Waals surface area contributed by atoms with Crippen LogP contribution in [0.15, 0.2) is 0 Å². The van der Waals surface area contributed by atoms with Crippen molar-refractivity contribution in [2.24, 2.45) is 0 Å². The van der Waals surface area contributed by atoms with Gasteiger partial charge in [0.05, 0.1) is 6.04 Å².